The molecule has 1 atom stereocenters. The summed E-state index contributed by atoms with van der Waals surface area (Å²) in [4.78, 5) is 4.53. The van der Waals surface area contributed by atoms with Gasteiger partial charge in [-0.05, 0) is 67.3 Å². The molecular weight excluding hydrogens is 349 g/mol. The number of pyridine rings is 1. The summed E-state index contributed by atoms with van der Waals surface area (Å²) >= 11 is 0. The van der Waals surface area contributed by atoms with Crippen molar-refractivity contribution < 1.29 is 9.50 Å². The number of nitrogens with zero attached hydrogens (tertiary/aromatic N) is 1. The first-order chi connectivity index (χ1) is 13.6. The van der Waals surface area contributed by atoms with Gasteiger partial charge >= 0.3 is 0 Å². The smallest absolute Gasteiger partial charge is 0.127 e. The lowest BCUT2D eigenvalue weighted by Gasteiger charge is -2.07. The van der Waals surface area contributed by atoms with Crippen LogP contribution in [0.4, 0.5) is 4.39 Å². The highest BCUT2D eigenvalue weighted by atomic mass is 19.1. The molecule has 28 heavy (non-hydrogen) atoms. The average Bonchev–Trinajstić information content (AvgIpc) is 2.68. The zero-order valence-corrected chi connectivity index (χ0v) is 16.2. The topological polar surface area (TPSA) is 33.1 Å². The molecule has 0 aliphatic rings. The maximum absolute atomic E-state index is 14.2. The van der Waals surface area contributed by atoms with Gasteiger partial charge in [0.25, 0.3) is 0 Å². The first-order valence-electron chi connectivity index (χ1n) is 9.71. The Hall–Kier alpha value is -2.78. The number of aliphatic hydroxyl groups is 1. The molecule has 2 aromatic carbocycles. The molecule has 0 aliphatic carbocycles. The van der Waals surface area contributed by atoms with Crippen molar-refractivity contribution in [2.45, 2.75) is 38.7 Å². The number of halogens is 1. The Morgan fingerprint density at radius 2 is 2.00 bits per heavy atom. The summed E-state index contributed by atoms with van der Waals surface area (Å²) in [6.07, 6.45) is 10.8. The van der Waals surface area contributed by atoms with Gasteiger partial charge in [0.05, 0.1) is 11.8 Å². The lowest BCUT2D eigenvalue weighted by atomic mass is 10.0. The molecule has 0 radical (unpaired) electrons. The summed E-state index contributed by atoms with van der Waals surface area (Å²) < 4.78 is 14.2. The fourth-order valence-electron chi connectivity index (χ4n) is 3.20. The van der Waals surface area contributed by atoms with Crippen LogP contribution in [0, 0.1) is 5.82 Å². The summed E-state index contributed by atoms with van der Waals surface area (Å²) in [5.74, 6) is -0.227. The summed E-state index contributed by atoms with van der Waals surface area (Å²) in [5.41, 5.74) is 3.30. The average molecular weight is 375 g/mol. The summed E-state index contributed by atoms with van der Waals surface area (Å²) in [6, 6.07) is 13.5. The molecule has 0 aliphatic heterocycles. The predicted molar refractivity (Wildman–Crippen MR) is 116 cm³/mol. The molecule has 0 amide bonds. The molecule has 1 unspecified atom stereocenters. The number of fused-ring (bicyclic) bond motifs is 1. The third kappa shape index (κ3) is 5.14. The number of hydrogen-bond acceptors (Lipinski definition) is 2. The third-order valence-electron chi connectivity index (χ3n) is 4.76. The van der Waals surface area contributed by atoms with Crippen molar-refractivity contribution in [3.63, 3.8) is 0 Å². The van der Waals surface area contributed by atoms with Crippen molar-refractivity contribution in [2.24, 2.45) is 0 Å². The van der Waals surface area contributed by atoms with Crippen LogP contribution in [-0.2, 0) is 6.42 Å². The Bertz CT molecular complexity index is 991. The summed E-state index contributed by atoms with van der Waals surface area (Å²) in [5, 5.41) is 11.4. The molecule has 3 aromatic rings. The maximum atomic E-state index is 14.2. The van der Waals surface area contributed by atoms with Gasteiger partial charge < -0.3 is 5.11 Å². The van der Waals surface area contributed by atoms with E-state index in [1.165, 1.54) is 6.07 Å². The zero-order chi connectivity index (χ0) is 19.9. The lowest BCUT2D eigenvalue weighted by molar-refractivity contribution is 0.182. The third-order valence-corrected chi connectivity index (χ3v) is 4.76. The van der Waals surface area contributed by atoms with Crippen LogP contribution in [0.25, 0.3) is 28.1 Å². The molecule has 1 N–H and O–H groups in total. The molecule has 0 bridgehead atoms. The normalized spacial score (nSPS) is 12.5. The van der Waals surface area contributed by atoms with E-state index in [0.29, 0.717) is 12.0 Å². The van der Waals surface area contributed by atoms with Gasteiger partial charge in [0, 0.05) is 17.1 Å². The molecule has 0 spiro atoms. The first kappa shape index (κ1) is 20.0. The van der Waals surface area contributed by atoms with Gasteiger partial charge in [-0.1, -0.05) is 42.5 Å². The molecule has 2 nitrogen and oxygen atoms in total. The van der Waals surface area contributed by atoms with E-state index in [1.807, 2.05) is 25.3 Å². The van der Waals surface area contributed by atoms with Crippen LogP contribution in [0.5, 0.6) is 0 Å². The lowest BCUT2D eigenvalue weighted by Crippen LogP contribution is -1.97. The molecule has 0 fully saturated rings. The fourth-order valence-corrected chi connectivity index (χ4v) is 3.20. The van der Waals surface area contributed by atoms with Gasteiger partial charge in [0.1, 0.15) is 5.82 Å². The van der Waals surface area contributed by atoms with E-state index in [-0.39, 0.29) is 11.9 Å². The summed E-state index contributed by atoms with van der Waals surface area (Å²) in [7, 11) is 0. The highest BCUT2D eigenvalue weighted by Crippen LogP contribution is 2.25. The van der Waals surface area contributed by atoms with Crippen LogP contribution in [0.15, 0.2) is 67.4 Å². The summed E-state index contributed by atoms with van der Waals surface area (Å²) in [6.45, 7) is 5.48. The second-order valence-corrected chi connectivity index (χ2v) is 7.16. The van der Waals surface area contributed by atoms with Crippen LogP contribution < -0.4 is 0 Å². The van der Waals surface area contributed by atoms with Crippen LogP contribution in [0.2, 0.25) is 0 Å². The minimum Gasteiger partial charge on any atom is -0.393 e. The Labute approximate surface area is 166 Å². The molecule has 0 saturated carbocycles. The molecular formula is C25H26FNO. The first-order valence-corrected chi connectivity index (χ1v) is 9.71. The second kappa shape index (κ2) is 9.43. The molecule has 3 rings (SSSR count). The largest absolute Gasteiger partial charge is 0.393 e. The molecule has 144 valence electrons. The Balaban J connectivity index is 1.76. The minimum atomic E-state index is -0.235. The van der Waals surface area contributed by atoms with Crippen molar-refractivity contribution in [3.8, 4) is 11.3 Å². The number of aromatic nitrogens is 1. The highest BCUT2D eigenvalue weighted by molar-refractivity contribution is 5.87. The van der Waals surface area contributed by atoms with Crippen LogP contribution >= 0.6 is 0 Å². The molecule has 3 heteroatoms. The molecule has 1 heterocycles. The van der Waals surface area contributed by atoms with Gasteiger partial charge in [-0.3, -0.25) is 4.98 Å². The van der Waals surface area contributed by atoms with E-state index in [0.717, 1.165) is 46.9 Å². The Kier molecular flexibility index (Phi) is 6.72. The van der Waals surface area contributed by atoms with Crippen LogP contribution in [0.1, 0.15) is 37.3 Å². The zero-order valence-electron chi connectivity index (χ0n) is 16.2. The monoisotopic (exact) mass is 375 g/mol. The number of benzene rings is 2. The number of aliphatic hydroxyl groups excluding tert-OH is 1. The molecule has 0 saturated heterocycles. The van der Waals surface area contributed by atoms with Crippen LogP contribution in [0.3, 0.4) is 0 Å². The predicted octanol–water partition coefficient (Wildman–Crippen LogP) is 6.33. The van der Waals surface area contributed by atoms with E-state index in [1.54, 1.807) is 12.1 Å². The van der Waals surface area contributed by atoms with Gasteiger partial charge in [0.15, 0.2) is 0 Å². The Morgan fingerprint density at radius 3 is 2.75 bits per heavy atom. The fraction of sp³-hybridized carbons (Fsp3) is 0.240. The van der Waals surface area contributed by atoms with Crippen molar-refractivity contribution >= 4 is 16.8 Å². The SMILES string of the molecule is C=CCc1ccc(-c2cc3ccc(C=CCCCC(C)O)cc3cn2)cc1F. The minimum absolute atomic E-state index is 0.227. The van der Waals surface area contributed by atoms with Gasteiger partial charge in [-0.25, -0.2) is 4.39 Å². The van der Waals surface area contributed by atoms with E-state index >= 15 is 0 Å². The van der Waals surface area contributed by atoms with Gasteiger partial charge in [-0.15, -0.1) is 6.58 Å². The van der Waals surface area contributed by atoms with Gasteiger partial charge in [0.2, 0.25) is 0 Å². The van der Waals surface area contributed by atoms with Crippen molar-refractivity contribution in [3.05, 3.63) is 84.3 Å². The van der Waals surface area contributed by atoms with E-state index < -0.39 is 0 Å². The van der Waals surface area contributed by atoms with E-state index in [9.17, 15) is 9.50 Å². The second-order valence-electron chi connectivity index (χ2n) is 7.16. The quantitative estimate of drug-likeness (QED) is 0.368. The van der Waals surface area contributed by atoms with Crippen molar-refractivity contribution in [1.29, 1.82) is 0 Å². The number of hydrogen-bond donors (Lipinski definition) is 1. The van der Waals surface area contributed by atoms with Crippen molar-refractivity contribution in [1.82, 2.24) is 4.98 Å². The maximum Gasteiger partial charge on any atom is 0.127 e. The van der Waals surface area contributed by atoms with E-state index in [2.05, 4.69) is 41.9 Å². The number of unbranched alkanes of at least 4 members (excludes halogenated alkanes) is 1. The van der Waals surface area contributed by atoms with Crippen LogP contribution in [-0.4, -0.2) is 16.2 Å². The van der Waals surface area contributed by atoms with E-state index in [4.69, 9.17) is 0 Å². The highest BCUT2D eigenvalue weighted by Gasteiger charge is 2.06. The number of allylic oxidation sites excluding steroid dienone is 2. The number of rotatable bonds is 8. The Morgan fingerprint density at radius 1 is 1.14 bits per heavy atom. The standard InChI is InChI=1S/C25H26FNO/c1-3-7-20-12-13-22(15-24(20)26)25-16-21-11-10-19(14-23(21)17-27-25)9-6-4-5-8-18(2)28/h3,6,9-18,28H,1,4-5,7-8H2,2H3. The molecule has 1 aromatic heterocycles. The van der Waals surface area contributed by atoms with Gasteiger partial charge in [-0.2, -0.15) is 0 Å². The van der Waals surface area contributed by atoms with Crippen molar-refractivity contribution in [2.75, 3.05) is 0 Å².